The number of amides is 2. The van der Waals surface area contributed by atoms with Gasteiger partial charge in [0.2, 0.25) is 11.8 Å². The Morgan fingerprint density at radius 3 is 2.27 bits per heavy atom. The van der Waals surface area contributed by atoms with Crippen molar-refractivity contribution in [3.8, 4) is 0 Å². The largest absolute Gasteiger partial charge is 0.342 e. The van der Waals surface area contributed by atoms with Crippen LogP contribution in [0.2, 0.25) is 0 Å². The van der Waals surface area contributed by atoms with E-state index < -0.39 is 0 Å². The van der Waals surface area contributed by atoms with Gasteiger partial charge >= 0.3 is 0 Å². The van der Waals surface area contributed by atoms with Crippen LogP contribution in [0.1, 0.15) is 46.0 Å². The predicted molar refractivity (Wildman–Crippen MR) is 85.0 cm³/mol. The molecular formula is C17H29N3O2. The molecule has 3 aliphatic rings. The third-order valence-electron chi connectivity index (χ3n) is 5.63. The van der Waals surface area contributed by atoms with Gasteiger partial charge in [-0.1, -0.05) is 13.8 Å². The second kappa shape index (κ2) is 5.84. The second-order valence-corrected chi connectivity index (χ2v) is 8.04. The molecule has 1 aliphatic carbocycles. The lowest BCUT2D eigenvalue weighted by Gasteiger charge is -2.44. The first-order valence-electron chi connectivity index (χ1n) is 8.71. The van der Waals surface area contributed by atoms with Gasteiger partial charge in [0, 0.05) is 38.1 Å². The summed E-state index contributed by atoms with van der Waals surface area (Å²) in [5, 5.41) is 0. The molecule has 3 fully saturated rings. The van der Waals surface area contributed by atoms with E-state index in [9.17, 15) is 9.59 Å². The molecule has 5 nitrogen and oxygen atoms in total. The minimum atomic E-state index is -0.0217. The topological polar surface area (TPSA) is 66.6 Å². The molecule has 0 aromatic rings. The zero-order chi connectivity index (χ0) is 15.9. The summed E-state index contributed by atoms with van der Waals surface area (Å²) in [4.78, 5) is 29.0. The Bertz CT molecular complexity index is 459. The van der Waals surface area contributed by atoms with Gasteiger partial charge < -0.3 is 15.5 Å². The summed E-state index contributed by atoms with van der Waals surface area (Å²) in [6.07, 6.45) is 4.80. The number of hydrogen-bond acceptors (Lipinski definition) is 3. The second-order valence-electron chi connectivity index (χ2n) is 8.04. The predicted octanol–water partition coefficient (Wildman–Crippen LogP) is 1.22. The highest BCUT2D eigenvalue weighted by Gasteiger charge is 2.40. The SMILES string of the molecule is CC1(C)CN(C(=O)C2CCCN(C(=O)C3CC3)C2)CCC1N. The maximum atomic E-state index is 12.8. The number of carbonyl (C=O) groups is 2. The van der Waals surface area contributed by atoms with E-state index >= 15 is 0 Å². The molecule has 1 saturated carbocycles. The molecule has 2 heterocycles. The monoisotopic (exact) mass is 307 g/mol. The number of piperidine rings is 2. The Hall–Kier alpha value is -1.10. The van der Waals surface area contributed by atoms with Crippen LogP contribution in [0, 0.1) is 17.3 Å². The van der Waals surface area contributed by atoms with Crippen LogP contribution >= 0.6 is 0 Å². The van der Waals surface area contributed by atoms with E-state index in [1.54, 1.807) is 0 Å². The third-order valence-corrected chi connectivity index (χ3v) is 5.63. The molecule has 3 rings (SSSR count). The van der Waals surface area contributed by atoms with Crippen LogP contribution < -0.4 is 5.73 Å². The summed E-state index contributed by atoms with van der Waals surface area (Å²) in [7, 11) is 0. The van der Waals surface area contributed by atoms with Gasteiger partial charge in [-0.25, -0.2) is 0 Å². The van der Waals surface area contributed by atoms with Crippen molar-refractivity contribution < 1.29 is 9.59 Å². The minimum Gasteiger partial charge on any atom is -0.342 e. The molecule has 2 unspecified atom stereocenters. The summed E-state index contributed by atoms with van der Waals surface area (Å²) in [5.74, 6) is 0.745. The van der Waals surface area contributed by atoms with E-state index in [1.807, 2.05) is 9.80 Å². The highest BCUT2D eigenvalue weighted by Crippen LogP contribution is 2.33. The fourth-order valence-electron chi connectivity index (χ4n) is 3.79. The number of nitrogens with zero attached hydrogens (tertiary/aromatic N) is 2. The Morgan fingerprint density at radius 1 is 0.955 bits per heavy atom. The number of hydrogen-bond donors (Lipinski definition) is 1. The van der Waals surface area contributed by atoms with Crippen LogP contribution in [0.5, 0.6) is 0 Å². The molecule has 2 amide bonds. The van der Waals surface area contributed by atoms with Gasteiger partial charge in [-0.3, -0.25) is 9.59 Å². The normalized spacial score (nSPS) is 32.0. The standard InChI is InChI=1S/C17H29N3O2/c1-17(2)11-20(9-7-14(17)18)16(22)13-4-3-8-19(10-13)15(21)12-5-6-12/h12-14H,3-11,18H2,1-2H3. The first-order valence-corrected chi connectivity index (χ1v) is 8.71. The number of nitrogens with two attached hydrogens (primary N) is 1. The van der Waals surface area contributed by atoms with Crippen LogP contribution in [0.25, 0.3) is 0 Å². The molecule has 22 heavy (non-hydrogen) atoms. The van der Waals surface area contributed by atoms with E-state index in [4.69, 9.17) is 5.73 Å². The lowest BCUT2D eigenvalue weighted by Crippen LogP contribution is -2.56. The highest BCUT2D eigenvalue weighted by atomic mass is 16.2. The van der Waals surface area contributed by atoms with Crippen LogP contribution in [-0.4, -0.2) is 53.8 Å². The molecular weight excluding hydrogens is 278 g/mol. The molecule has 2 N–H and O–H groups in total. The Labute approximate surface area is 133 Å². The van der Waals surface area contributed by atoms with Gasteiger partial charge in [0.25, 0.3) is 0 Å². The third kappa shape index (κ3) is 3.14. The van der Waals surface area contributed by atoms with Gasteiger partial charge in [-0.2, -0.15) is 0 Å². The fraction of sp³-hybridized carbons (Fsp3) is 0.882. The quantitative estimate of drug-likeness (QED) is 0.834. The van der Waals surface area contributed by atoms with Crippen molar-refractivity contribution in [2.45, 2.75) is 52.0 Å². The summed E-state index contributed by atoms with van der Waals surface area (Å²) < 4.78 is 0. The van der Waals surface area contributed by atoms with Crippen molar-refractivity contribution in [2.24, 2.45) is 23.0 Å². The molecule has 124 valence electrons. The van der Waals surface area contributed by atoms with E-state index in [0.29, 0.717) is 6.54 Å². The van der Waals surface area contributed by atoms with E-state index in [1.165, 1.54) is 0 Å². The van der Waals surface area contributed by atoms with Crippen molar-refractivity contribution >= 4 is 11.8 Å². The van der Waals surface area contributed by atoms with E-state index in [0.717, 1.165) is 51.7 Å². The summed E-state index contributed by atoms with van der Waals surface area (Å²) >= 11 is 0. The number of carbonyl (C=O) groups excluding carboxylic acids is 2. The summed E-state index contributed by atoms with van der Waals surface area (Å²) in [6.45, 7) is 7.23. The zero-order valence-electron chi connectivity index (χ0n) is 13.9. The Kier molecular flexibility index (Phi) is 4.19. The van der Waals surface area contributed by atoms with Gasteiger partial charge in [-0.15, -0.1) is 0 Å². The molecule has 2 aliphatic heterocycles. The molecule has 2 saturated heterocycles. The van der Waals surface area contributed by atoms with Crippen LogP contribution in [-0.2, 0) is 9.59 Å². The average Bonchev–Trinajstić information content (AvgIpc) is 3.33. The molecule has 0 radical (unpaired) electrons. The number of likely N-dealkylation sites (tertiary alicyclic amines) is 2. The van der Waals surface area contributed by atoms with Crippen LogP contribution in [0.15, 0.2) is 0 Å². The van der Waals surface area contributed by atoms with E-state index in [-0.39, 0.29) is 35.1 Å². The summed E-state index contributed by atoms with van der Waals surface area (Å²) in [6, 6.07) is 0.163. The molecule has 5 heteroatoms. The highest BCUT2D eigenvalue weighted by molar-refractivity contribution is 5.83. The molecule has 0 aromatic heterocycles. The fourth-order valence-corrected chi connectivity index (χ4v) is 3.79. The van der Waals surface area contributed by atoms with Crippen molar-refractivity contribution in [3.05, 3.63) is 0 Å². The molecule has 0 bridgehead atoms. The Balaban J connectivity index is 1.60. The summed E-state index contributed by atoms with van der Waals surface area (Å²) in [5.41, 5.74) is 6.14. The molecule has 0 spiro atoms. The van der Waals surface area contributed by atoms with Crippen LogP contribution in [0.4, 0.5) is 0 Å². The van der Waals surface area contributed by atoms with Crippen molar-refractivity contribution in [3.63, 3.8) is 0 Å². The first kappa shape index (κ1) is 15.8. The minimum absolute atomic E-state index is 0.0124. The average molecular weight is 307 g/mol. The van der Waals surface area contributed by atoms with Gasteiger partial charge in [0.05, 0.1) is 5.92 Å². The van der Waals surface area contributed by atoms with Crippen LogP contribution in [0.3, 0.4) is 0 Å². The smallest absolute Gasteiger partial charge is 0.227 e. The van der Waals surface area contributed by atoms with Gasteiger partial charge in [-0.05, 0) is 37.5 Å². The lowest BCUT2D eigenvalue weighted by molar-refractivity contribution is -0.143. The maximum absolute atomic E-state index is 12.8. The molecule has 0 aromatic carbocycles. The van der Waals surface area contributed by atoms with Crippen molar-refractivity contribution in [2.75, 3.05) is 26.2 Å². The molecule has 2 atom stereocenters. The Morgan fingerprint density at radius 2 is 1.64 bits per heavy atom. The van der Waals surface area contributed by atoms with Crippen molar-refractivity contribution in [1.29, 1.82) is 0 Å². The van der Waals surface area contributed by atoms with Gasteiger partial charge in [0.15, 0.2) is 0 Å². The lowest BCUT2D eigenvalue weighted by atomic mass is 9.79. The van der Waals surface area contributed by atoms with E-state index in [2.05, 4.69) is 13.8 Å². The van der Waals surface area contributed by atoms with Crippen molar-refractivity contribution in [1.82, 2.24) is 9.80 Å². The zero-order valence-corrected chi connectivity index (χ0v) is 13.9. The maximum Gasteiger partial charge on any atom is 0.227 e. The van der Waals surface area contributed by atoms with Gasteiger partial charge in [0.1, 0.15) is 0 Å². The number of rotatable bonds is 2. The first-order chi connectivity index (χ1) is 10.4.